The number of aliphatic hydroxyl groups is 1. The van der Waals surface area contributed by atoms with Crippen molar-refractivity contribution in [3.63, 3.8) is 0 Å². The van der Waals surface area contributed by atoms with Gasteiger partial charge in [-0.2, -0.15) is 0 Å². The molecule has 0 bridgehead atoms. The fourth-order valence-corrected chi connectivity index (χ4v) is 3.41. The van der Waals surface area contributed by atoms with Gasteiger partial charge in [-0.05, 0) is 30.3 Å². The van der Waals surface area contributed by atoms with Crippen molar-refractivity contribution in [2.75, 3.05) is 19.8 Å². The largest absolute Gasteiger partial charge is 0.390 e. The second kappa shape index (κ2) is 6.36. The maximum atomic E-state index is 14.3. The Labute approximate surface area is 144 Å². The molecule has 0 aliphatic heterocycles. The molecule has 3 rings (SSSR count). The number of hydrogen-bond acceptors (Lipinski definition) is 3. The van der Waals surface area contributed by atoms with Crippen LogP contribution in [0.1, 0.15) is 0 Å². The summed E-state index contributed by atoms with van der Waals surface area (Å²) in [5.41, 5.74) is 0.961. The van der Waals surface area contributed by atoms with Crippen molar-refractivity contribution in [1.82, 2.24) is 8.87 Å². The van der Waals surface area contributed by atoms with Crippen molar-refractivity contribution in [2.45, 2.75) is 12.6 Å². The standard InChI is InChI=1S/C17H18F2N2O3S/c1-20(25(2,23)24)9-12(22)10-21-15-5-3-4-14(19)17(15)13-7-6-11(18)8-16(13)21/h3-8,12,22H,9-10H2,1-2H3. The molecule has 1 atom stereocenters. The molecule has 0 saturated heterocycles. The number of hydrogen-bond donors (Lipinski definition) is 1. The van der Waals surface area contributed by atoms with Crippen molar-refractivity contribution in [3.8, 4) is 0 Å². The highest BCUT2D eigenvalue weighted by atomic mass is 32.2. The number of aliphatic hydroxyl groups excluding tert-OH is 1. The van der Waals surface area contributed by atoms with Gasteiger partial charge < -0.3 is 9.67 Å². The second-order valence-corrected chi connectivity index (χ2v) is 8.19. The van der Waals surface area contributed by atoms with Crippen LogP contribution in [0.15, 0.2) is 36.4 Å². The van der Waals surface area contributed by atoms with E-state index in [0.29, 0.717) is 21.8 Å². The van der Waals surface area contributed by atoms with E-state index >= 15 is 0 Å². The molecular weight excluding hydrogens is 350 g/mol. The van der Waals surface area contributed by atoms with Gasteiger partial charge in [0, 0.05) is 24.4 Å². The zero-order chi connectivity index (χ0) is 18.4. The fraction of sp³-hybridized carbons (Fsp3) is 0.294. The molecule has 0 saturated carbocycles. The highest BCUT2D eigenvalue weighted by Gasteiger charge is 2.20. The van der Waals surface area contributed by atoms with E-state index in [1.165, 1.54) is 31.3 Å². The lowest BCUT2D eigenvalue weighted by atomic mass is 10.1. The van der Waals surface area contributed by atoms with Crippen LogP contribution < -0.4 is 0 Å². The molecule has 2 aromatic carbocycles. The average molecular weight is 368 g/mol. The van der Waals surface area contributed by atoms with Gasteiger partial charge in [-0.1, -0.05) is 6.07 Å². The summed E-state index contributed by atoms with van der Waals surface area (Å²) in [6.07, 6.45) is 0.00958. The number of rotatable bonds is 5. The van der Waals surface area contributed by atoms with Gasteiger partial charge in [-0.25, -0.2) is 21.5 Å². The molecule has 1 aromatic heterocycles. The van der Waals surface area contributed by atoms with Crippen LogP contribution in [-0.4, -0.2) is 48.3 Å². The summed E-state index contributed by atoms with van der Waals surface area (Å²) in [5.74, 6) is -0.907. The predicted octanol–water partition coefficient (Wildman–Crippen LogP) is 2.33. The van der Waals surface area contributed by atoms with E-state index in [4.69, 9.17) is 0 Å². The van der Waals surface area contributed by atoms with E-state index in [1.54, 1.807) is 16.7 Å². The number of nitrogens with zero attached hydrogens (tertiary/aromatic N) is 2. The lowest BCUT2D eigenvalue weighted by Crippen LogP contribution is -2.35. The van der Waals surface area contributed by atoms with Crippen LogP contribution >= 0.6 is 0 Å². The molecule has 0 amide bonds. The van der Waals surface area contributed by atoms with Gasteiger partial charge in [0.25, 0.3) is 0 Å². The molecule has 134 valence electrons. The number of benzene rings is 2. The quantitative estimate of drug-likeness (QED) is 0.752. The third-order valence-corrected chi connectivity index (χ3v) is 5.51. The van der Waals surface area contributed by atoms with Crippen molar-refractivity contribution in [2.24, 2.45) is 0 Å². The zero-order valence-electron chi connectivity index (χ0n) is 13.8. The predicted molar refractivity (Wildman–Crippen MR) is 92.8 cm³/mol. The van der Waals surface area contributed by atoms with E-state index in [-0.39, 0.29) is 13.1 Å². The van der Waals surface area contributed by atoms with Crippen LogP contribution in [0.5, 0.6) is 0 Å². The first kappa shape index (κ1) is 17.8. The van der Waals surface area contributed by atoms with Crippen LogP contribution in [0.3, 0.4) is 0 Å². The highest BCUT2D eigenvalue weighted by Crippen LogP contribution is 2.31. The summed E-state index contributed by atoms with van der Waals surface area (Å²) >= 11 is 0. The van der Waals surface area contributed by atoms with Crippen molar-refractivity contribution in [3.05, 3.63) is 48.0 Å². The molecule has 0 radical (unpaired) electrons. The molecule has 1 N–H and O–H groups in total. The molecule has 0 aliphatic rings. The number of sulfonamides is 1. The SMILES string of the molecule is CN(CC(O)Cn1c2cc(F)ccc2c2c(F)cccc21)S(C)(=O)=O. The minimum absolute atomic E-state index is 0.00671. The Bertz CT molecular complexity index is 1050. The zero-order valence-corrected chi connectivity index (χ0v) is 14.6. The smallest absolute Gasteiger partial charge is 0.211 e. The molecule has 1 heterocycles. The lowest BCUT2D eigenvalue weighted by molar-refractivity contribution is 0.137. The minimum atomic E-state index is -3.43. The van der Waals surface area contributed by atoms with Gasteiger partial charge in [0.05, 0.1) is 29.9 Å². The summed E-state index contributed by atoms with van der Waals surface area (Å²) in [4.78, 5) is 0. The lowest BCUT2D eigenvalue weighted by Gasteiger charge is -2.19. The van der Waals surface area contributed by atoms with Gasteiger partial charge in [0.2, 0.25) is 10.0 Å². The van der Waals surface area contributed by atoms with E-state index in [2.05, 4.69) is 0 Å². The minimum Gasteiger partial charge on any atom is -0.390 e. The topological polar surface area (TPSA) is 62.5 Å². The third-order valence-electron chi connectivity index (χ3n) is 4.23. The van der Waals surface area contributed by atoms with Gasteiger partial charge in [-0.3, -0.25) is 0 Å². The molecule has 1 unspecified atom stereocenters. The summed E-state index contributed by atoms with van der Waals surface area (Å²) in [6, 6.07) is 8.58. The highest BCUT2D eigenvalue weighted by molar-refractivity contribution is 7.88. The second-order valence-electron chi connectivity index (χ2n) is 6.10. The Morgan fingerprint density at radius 3 is 2.60 bits per heavy atom. The molecule has 25 heavy (non-hydrogen) atoms. The van der Waals surface area contributed by atoms with Gasteiger partial charge in [0.1, 0.15) is 11.6 Å². The first-order valence-electron chi connectivity index (χ1n) is 7.64. The van der Waals surface area contributed by atoms with Crippen LogP contribution in [-0.2, 0) is 16.6 Å². The summed E-state index contributed by atoms with van der Waals surface area (Å²) in [7, 11) is -2.07. The molecule has 0 spiro atoms. The van der Waals surface area contributed by atoms with E-state index < -0.39 is 27.8 Å². The van der Waals surface area contributed by atoms with Gasteiger partial charge >= 0.3 is 0 Å². The Hall–Kier alpha value is -2.03. The number of fused-ring (bicyclic) bond motifs is 3. The Kier molecular flexibility index (Phi) is 4.52. The normalized spacial score (nSPS) is 13.8. The Balaban J connectivity index is 2.08. The van der Waals surface area contributed by atoms with E-state index in [9.17, 15) is 22.3 Å². The van der Waals surface area contributed by atoms with Crippen LogP contribution in [0.25, 0.3) is 21.8 Å². The maximum Gasteiger partial charge on any atom is 0.211 e. The monoisotopic (exact) mass is 368 g/mol. The van der Waals surface area contributed by atoms with Crippen molar-refractivity contribution >= 4 is 31.8 Å². The van der Waals surface area contributed by atoms with Crippen molar-refractivity contribution < 1.29 is 22.3 Å². The summed E-state index contributed by atoms with van der Waals surface area (Å²) < 4.78 is 53.6. The number of halogens is 2. The molecule has 5 nitrogen and oxygen atoms in total. The Morgan fingerprint density at radius 1 is 1.20 bits per heavy atom. The van der Waals surface area contributed by atoms with E-state index in [1.807, 2.05) is 0 Å². The van der Waals surface area contributed by atoms with Gasteiger partial charge in [-0.15, -0.1) is 0 Å². The van der Waals surface area contributed by atoms with Crippen molar-refractivity contribution in [1.29, 1.82) is 0 Å². The fourth-order valence-electron chi connectivity index (χ4n) is 2.97. The van der Waals surface area contributed by atoms with Crippen LogP contribution in [0, 0.1) is 11.6 Å². The average Bonchev–Trinajstić information content (AvgIpc) is 2.81. The maximum absolute atomic E-state index is 14.3. The van der Waals surface area contributed by atoms with Crippen LogP contribution in [0.4, 0.5) is 8.78 Å². The van der Waals surface area contributed by atoms with E-state index in [0.717, 1.165) is 10.6 Å². The molecule has 3 aromatic rings. The first-order valence-corrected chi connectivity index (χ1v) is 9.48. The molecule has 8 heteroatoms. The van der Waals surface area contributed by atoms with Crippen LogP contribution in [0.2, 0.25) is 0 Å². The van der Waals surface area contributed by atoms with Gasteiger partial charge in [0.15, 0.2) is 0 Å². The Morgan fingerprint density at radius 2 is 1.92 bits per heavy atom. The third kappa shape index (κ3) is 3.37. The molecule has 0 fully saturated rings. The molecule has 0 aliphatic carbocycles. The number of likely N-dealkylation sites (N-methyl/N-ethyl adjacent to an activating group) is 1. The first-order chi connectivity index (χ1) is 11.7. The summed E-state index contributed by atoms with van der Waals surface area (Å²) in [6.45, 7) is -0.114. The number of aromatic nitrogens is 1. The summed E-state index contributed by atoms with van der Waals surface area (Å²) in [5, 5.41) is 11.2. The molecular formula is C17H18F2N2O3S.